The summed E-state index contributed by atoms with van der Waals surface area (Å²) in [5, 5.41) is 0. The van der Waals surface area contributed by atoms with E-state index in [2.05, 4.69) is 51.4 Å². The molecule has 0 aliphatic carbocycles. The fourth-order valence-corrected chi connectivity index (χ4v) is 2.21. The largest absolute Gasteiger partial charge is 0.496 e. The van der Waals surface area contributed by atoms with Crippen molar-refractivity contribution in [1.29, 1.82) is 0 Å². The molecule has 0 N–H and O–H groups in total. The second-order valence-corrected chi connectivity index (χ2v) is 4.88. The van der Waals surface area contributed by atoms with Gasteiger partial charge in [-0.2, -0.15) is 12.6 Å². The molecule has 0 aliphatic heterocycles. The Kier molecular flexibility index (Phi) is 5.34. The summed E-state index contributed by atoms with van der Waals surface area (Å²) in [7, 11) is 3.82. The van der Waals surface area contributed by atoms with Gasteiger partial charge in [0.15, 0.2) is 0 Å². The molecular weight excluding hydrogens is 230 g/mol. The van der Waals surface area contributed by atoms with Gasteiger partial charge in [-0.15, -0.1) is 0 Å². The lowest BCUT2D eigenvalue weighted by Crippen LogP contribution is -2.20. The van der Waals surface area contributed by atoms with Crippen molar-refractivity contribution < 1.29 is 4.74 Å². The van der Waals surface area contributed by atoms with Crippen LogP contribution in [0.1, 0.15) is 22.3 Å². The van der Waals surface area contributed by atoms with Crippen molar-refractivity contribution >= 4 is 12.6 Å². The normalized spacial score (nSPS) is 11.0. The average molecular weight is 253 g/mol. The van der Waals surface area contributed by atoms with E-state index in [1.165, 1.54) is 22.3 Å². The first-order chi connectivity index (χ1) is 8.01. The first-order valence-corrected chi connectivity index (χ1v) is 6.57. The van der Waals surface area contributed by atoms with Gasteiger partial charge in [0.2, 0.25) is 0 Å². The lowest BCUT2D eigenvalue weighted by Gasteiger charge is -2.18. The van der Waals surface area contributed by atoms with Crippen LogP contribution in [0.15, 0.2) is 6.07 Å². The molecule has 0 amide bonds. The van der Waals surface area contributed by atoms with E-state index in [0.717, 1.165) is 24.6 Å². The molecule has 0 spiro atoms. The van der Waals surface area contributed by atoms with Crippen LogP contribution in [-0.4, -0.2) is 31.5 Å². The SMILES string of the molecule is COc1cc(C)c(CCN(C)CS)c(C)c1C. The highest BCUT2D eigenvalue weighted by Gasteiger charge is 2.10. The predicted molar refractivity (Wildman–Crippen MR) is 77.4 cm³/mol. The Balaban J connectivity index is 2.96. The summed E-state index contributed by atoms with van der Waals surface area (Å²) in [5.74, 6) is 1.79. The minimum Gasteiger partial charge on any atom is -0.496 e. The zero-order valence-corrected chi connectivity index (χ0v) is 12.4. The van der Waals surface area contributed by atoms with Crippen LogP contribution in [0.4, 0.5) is 0 Å². The van der Waals surface area contributed by atoms with Crippen LogP contribution in [0.5, 0.6) is 5.75 Å². The molecule has 0 bridgehead atoms. The van der Waals surface area contributed by atoms with Crippen molar-refractivity contribution in [2.45, 2.75) is 27.2 Å². The smallest absolute Gasteiger partial charge is 0.122 e. The number of rotatable bonds is 5. The number of hydrogen-bond acceptors (Lipinski definition) is 3. The lowest BCUT2D eigenvalue weighted by molar-refractivity contribution is 0.397. The van der Waals surface area contributed by atoms with Gasteiger partial charge in [-0.3, -0.25) is 4.90 Å². The summed E-state index contributed by atoms with van der Waals surface area (Å²) >= 11 is 4.27. The standard InChI is InChI=1S/C14H23NOS/c1-10-8-14(16-5)12(3)11(2)13(10)6-7-15(4)9-17/h8,17H,6-7,9H2,1-5H3. The minimum atomic E-state index is 0.799. The van der Waals surface area contributed by atoms with Gasteiger partial charge in [0, 0.05) is 12.4 Å². The zero-order valence-electron chi connectivity index (χ0n) is 11.5. The first kappa shape index (κ1) is 14.4. The molecule has 0 saturated heterocycles. The van der Waals surface area contributed by atoms with Crippen LogP contribution >= 0.6 is 12.6 Å². The zero-order chi connectivity index (χ0) is 13.0. The molecule has 1 rings (SSSR count). The van der Waals surface area contributed by atoms with E-state index in [9.17, 15) is 0 Å². The van der Waals surface area contributed by atoms with E-state index in [1.807, 2.05) is 0 Å². The Morgan fingerprint density at radius 1 is 1.24 bits per heavy atom. The number of methoxy groups -OCH3 is 1. The molecule has 0 radical (unpaired) electrons. The molecule has 0 aliphatic rings. The number of hydrogen-bond donors (Lipinski definition) is 1. The highest BCUT2D eigenvalue weighted by atomic mass is 32.1. The van der Waals surface area contributed by atoms with Gasteiger partial charge in [0.05, 0.1) is 7.11 Å². The van der Waals surface area contributed by atoms with Crippen LogP contribution in [0.3, 0.4) is 0 Å². The summed E-state index contributed by atoms with van der Waals surface area (Å²) in [5.41, 5.74) is 5.37. The van der Waals surface area contributed by atoms with Crippen LogP contribution in [0, 0.1) is 20.8 Å². The molecule has 17 heavy (non-hydrogen) atoms. The number of ether oxygens (including phenoxy) is 1. The second-order valence-electron chi connectivity index (χ2n) is 4.60. The molecule has 3 heteroatoms. The summed E-state index contributed by atoms with van der Waals surface area (Å²) in [6.07, 6.45) is 1.07. The molecule has 0 aromatic heterocycles. The number of aryl methyl sites for hydroxylation is 1. The Labute approximate surface area is 110 Å². The first-order valence-electron chi connectivity index (χ1n) is 5.94. The van der Waals surface area contributed by atoms with Crippen molar-refractivity contribution in [1.82, 2.24) is 4.90 Å². The molecule has 2 nitrogen and oxygen atoms in total. The summed E-state index contributed by atoms with van der Waals surface area (Å²) < 4.78 is 5.39. The third-order valence-electron chi connectivity index (χ3n) is 3.41. The van der Waals surface area contributed by atoms with Crippen molar-refractivity contribution in [2.75, 3.05) is 26.6 Å². The second kappa shape index (κ2) is 6.31. The summed E-state index contributed by atoms with van der Waals surface area (Å²) in [6, 6.07) is 2.14. The quantitative estimate of drug-likeness (QED) is 0.640. The molecule has 0 heterocycles. The molecule has 0 unspecified atom stereocenters. The van der Waals surface area contributed by atoms with Gasteiger partial charge in [0.1, 0.15) is 5.75 Å². The Morgan fingerprint density at radius 3 is 2.41 bits per heavy atom. The number of nitrogens with zero attached hydrogens (tertiary/aromatic N) is 1. The van der Waals surface area contributed by atoms with Crippen molar-refractivity contribution in [3.63, 3.8) is 0 Å². The van der Waals surface area contributed by atoms with Gasteiger partial charge >= 0.3 is 0 Å². The Hall–Kier alpha value is -0.670. The minimum absolute atomic E-state index is 0.799. The Bertz CT molecular complexity index is 390. The Morgan fingerprint density at radius 2 is 1.88 bits per heavy atom. The van der Waals surface area contributed by atoms with Crippen molar-refractivity contribution in [3.8, 4) is 5.75 Å². The maximum absolute atomic E-state index is 5.39. The molecular formula is C14H23NOS. The van der Waals surface area contributed by atoms with Gasteiger partial charge in [-0.1, -0.05) is 0 Å². The third kappa shape index (κ3) is 3.39. The lowest BCUT2D eigenvalue weighted by atomic mass is 9.95. The fraction of sp³-hybridized carbons (Fsp3) is 0.571. The third-order valence-corrected chi connectivity index (χ3v) is 3.90. The number of likely N-dealkylation sites (N-methyl/N-ethyl adjacent to an activating group) is 1. The maximum atomic E-state index is 5.39. The monoisotopic (exact) mass is 253 g/mol. The van der Waals surface area contributed by atoms with E-state index < -0.39 is 0 Å². The number of benzene rings is 1. The molecule has 0 fully saturated rings. The van der Waals surface area contributed by atoms with Crippen molar-refractivity contribution in [2.24, 2.45) is 0 Å². The van der Waals surface area contributed by atoms with E-state index in [4.69, 9.17) is 4.74 Å². The molecule has 96 valence electrons. The van der Waals surface area contributed by atoms with E-state index >= 15 is 0 Å². The van der Waals surface area contributed by atoms with Gasteiger partial charge < -0.3 is 4.74 Å². The maximum Gasteiger partial charge on any atom is 0.122 e. The predicted octanol–water partition coefficient (Wildman–Crippen LogP) is 2.98. The topological polar surface area (TPSA) is 12.5 Å². The van der Waals surface area contributed by atoms with Crippen LogP contribution in [-0.2, 0) is 6.42 Å². The average Bonchev–Trinajstić information content (AvgIpc) is 2.33. The molecule has 1 aromatic rings. The number of thiol groups is 1. The van der Waals surface area contributed by atoms with Crippen LogP contribution in [0.25, 0.3) is 0 Å². The van der Waals surface area contributed by atoms with Crippen LogP contribution < -0.4 is 4.74 Å². The molecule has 0 saturated carbocycles. The summed E-state index contributed by atoms with van der Waals surface area (Å²) in [6.45, 7) is 7.50. The summed E-state index contributed by atoms with van der Waals surface area (Å²) in [4.78, 5) is 2.21. The van der Waals surface area contributed by atoms with Gasteiger partial charge in [-0.05, 0) is 62.6 Å². The van der Waals surface area contributed by atoms with E-state index in [0.29, 0.717) is 0 Å². The fourth-order valence-electron chi connectivity index (χ4n) is 2.07. The van der Waals surface area contributed by atoms with Crippen molar-refractivity contribution in [3.05, 3.63) is 28.3 Å². The highest BCUT2D eigenvalue weighted by Crippen LogP contribution is 2.27. The highest BCUT2D eigenvalue weighted by molar-refractivity contribution is 7.80. The molecule has 1 aromatic carbocycles. The van der Waals surface area contributed by atoms with Gasteiger partial charge in [0.25, 0.3) is 0 Å². The van der Waals surface area contributed by atoms with E-state index in [-0.39, 0.29) is 0 Å². The van der Waals surface area contributed by atoms with Gasteiger partial charge in [-0.25, -0.2) is 0 Å². The molecule has 0 atom stereocenters. The van der Waals surface area contributed by atoms with E-state index in [1.54, 1.807) is 7.11 Å². The van der Waals surface area contributed by atoms with Crippen LogP contribution in [0.2, 0.25) is 0 Å².